The highest BCUT2D eigenvalue weighted by Crippen LogP contribution is 2.36. The van der Waals surface area contributed by atoms with Crippen molar-refractivity contribution in [1.82, 2.24) is 25.1 Å². The Balaban J connectivity index is 1.19. The number of carbonyl (C=O) groups excluding carboxylic acids is 1. The Morgan fingerprint density at radius 1 is 1.19 bits per heavy atom. The van der Waals surface area contributed by atoms with Gasteiger partial charge in [-0.25, -0.2) is 9.78 Å². The Kier molecular flexibility index (Phi) is 5.92. The molecule has 10 nitrogen and oxygen atoms in total. The molecule has 0 aromatic carbocycles. The van der Waals surface area contributed by atoms with Gasteiger partial charge < -0.3 is 24.7 Å². The molecule has 2 saturated heterocycles. The van der Waals surface area contributed by atoms with E-state index in [4.69, 9.17) is 14.1 Å². The zero-order chi connectivity index (χ0) is 24.5. The van der Waals surface area contributed by atoms with E-state index < -0.39 is 0 Å². The third-order valence-corrected chi connectivity index (χ3v) is 7.01. The van der Waals surface area contributed by atoms with E-state index in [2.05, 4.69) is 25.8 Å². The summed E-state index contributed by atoms with van der Waals surface area (Å²) in [5.74, 6) is 2.81. The maximum absolute atomic E-state index is 13.0. The summed E-state index contributed by atoms with van der Waals surface area (Å²) in [6, 6.07) is 11.9. The molecular formula is C26H29N7O3. The second-order valence-corrected chi connectivity index (χ2v) is 9.58. The van der Waals surface area contributed by atoms with Gasteiger partial charge in [-0.2, -0.15) is 5.10 Å². The van der Waals surface area contributed by atoms with Gasteiger partial charge >= 0.3 is 6.09 Å². The highest BCUT2D eigenvalue weighted by Gasteiger charge is 2.42. The van der Waals surface area contributed by atoms with Crippen molar-refractivity contribution in [2.75, 3.05) is 10.6 Å². The van der Waals surface area contributed by atoms with Gasteiger partial charge in [-0.05, 0) is 63.3 Å². The molecule has 2 fully saturated rings. The van der Waals surface area contributed by atoms with E-state index in [1.54, 1.807) is 18.5 Å². The fourth-order valence-corrected chi connectivity index (χ4v) is 5.46. The zero-order valence-electron chi connectivity index (χ0n) is 20.1. The van der Waals surface area contributed by atoms with Crippen molar-refractivity contribution in [1.29, 1.82) is 0 Å². The van der Waals surface area contributed by atoms with E-state index in [0.29, 0.717) is 17.4 Å². The first-order chi connectivity index (χ1) is 17.6. The summed E-state index contributed by atoms with van der Waals surface area (Å²) in [7, 11) is 0. The smallest absolute Gasteiger partial charge is 0.410 e. The number of amides is 1. The van der Waals surface area contributed by atoms with Crippen LogP contribution in [0.15, 0.2) is 53.3 Å². The average Bonchev–Trinajstić information content (AvgIpc) is 3.54. The van der Waals surface area contributed by atoms with Crippen LogP contribution in [0, 0.1) is 6.92 Å². The fraction of sp³-hybridized carbons (Fsp3) is 0.385. The lowest BCUT2D eigenvalue weighted by molar-refractivity contribution is 0.0142. The SMILES string of the molecule is Cc1cc(Nc2cc3ncccc3c(NC3C[C@H]4CCC[C@@H](C3)N4C(=O)OCc3ccco3)n2)n[nH]1. The molecule has 0 radical (unpaired) electrons. The molecule has 6 heterocycles. The number of ether oxygens (including phenoxy) is 1. The van der Waals surface area contributed by atoms with Crippen molar-refractivity contribution < 1.29 is 13.9 Å². The lowest BCUT2D eigenvalue weighted by Gasteiger charge is -2.48. The molecule has 4 aromatic rings. The van der Waals surface area contributed by atoms with Crippen molar-refractivity contribution in [2.45, 2.75) is 63.8 Å². The van der Waals surface area contributed by atoms with Crippen LogP contribution in [0.2, 0.25) is 0 Å². The minimum atomic E-state index is -0.257. The van der Waals surface area contributed by atoms with Crippen molar-refractivity contribution in [2.24, 2.45) is 0 Å². The fourth-order valence-electron chi connectivity index (χ4n) is 5.46. The molecule has 2 bridgehead atoms. The Hall–Kier alpha value is -4.08. The summed E-state index contributed by atoms with van der Waals surface area (Å²) in [6.07, 6.45) is 7.86. The van der Waals surface area contributed by atoms with Crippen LogP contribution in [0.25, 0.3) is 10.9 Å². The zero-order valence-corrected chi connectivity index (χ0v) is 20.1. The maximum Gasteiger partial charge on any atom is 0.410 e. The van der Waals surface area contributed by atoms with Crippen LogP contribution < -0.4 is 10.6 Å². The van der Waals surface area contributed by atoms with Crippen LogP contribution in [0.1, 0.15) is 43.6 Å². The topological polar surface area (TPSA) is 121 Å². The quantitative estimate of drug-likeness (QED) is 0.342. The number of pyridine rings is 2. The lowest BCUT2D eigenvalue weighted by atomic mass is 9.82. The van der Waals surface area contributed by atoms with Gasteiger partial charge in [0.2, 0.25) is 0 Å². The Morgan fingerprint density at radius 3 is 2.81 bits per heavy atom. The first-order valence-electron chi connectivity index (χ1n) is 12.4. The summed E-state index contributed by atoms with van der Waals surface area (Å²) >= 11 is 0. The Bertz CT molecular complexity index is 1340. The molecule has 2 aliphatic heterocycles. The van der Waals surface area contributed by atoms with Crippen LogP contribution in [-0.2, 0) is 11.3 Å². The number of aromatic nitrogens is 4. The molecule has 1 amide bonds. The number of nitrogens with zero attached hydrogens (tertiary/aromatic N) is 4. The van der Waals surface area contributed by atoms with Gasteiger partial charge in [-0.15, -0.1) is 0 Å². The standard InChI is InChI=1S/C26H29N7O3/c1-16-11-24(32-31-16)29-23-14-22-21(8-3-9-27-22)25(30-23)28-17-12-18-5-2-6-19(13-17)33(18)26(34)36-15-20-7-4-10-35-20/h3-4,7-11,14,17-19H,2,5-6,12-13,15H2,1H3,(H3,28,29,30,31,32)/t17?,18-,19+. The van der Waals surface area contributed by atoms with Gasteiger partial charge in [0, 0.05) is 47.5 Å². The molecular weight excluding hydrogens is 458 g/mol. The third kappa shape index (κ3) is 4.58. The van der Waals surface area contributed by atoms with Gasteiger partial charge in [0.25, 0.3) is 0 Å². The van der Waals surface area contributed by atoms with Crippen LogP contribution in [0.5, 0.6) is 0 Å². The predicted octanol–water partition coefficient (Wildman–Crippen LogP) is 5.13. The van der Waals surface area contributed by atoms with Gasteiger partial charge in [0.1, 0.15) is 17.4 Å². The van der Waals surface area contributed by atoms with Gasteiger partial charge in [-0.3, -0.25) is 10.1 Å². The van der Waals surface area contributed by atoms with E-state index in [9.17, 15) is 4.79 Å². The Labute approximate surface area is 208 Å². The van der Waals surface area contributed by atoms with Crippen LogP contribution >= 0.6 is 0 Å². The number of nitrogens with one attached hydrogen (secondary N) is 3. The second kappa shape index (κ2) is 9.52. The molecule has 10 heteroatoms. The summed E-state index contributed by atoms with van der Waals surface area (Å²) in [5.41, 5.74) is 1.82. The monoisotopic (exact) mass is 487 g/mol. The molecule has 1 unspecified atom stereocenters. The number of carbonyl (C=O) groups is 1. The first kappa shape index (κ1) is 22.4. The molecule has 0 saturated carbocycles. The minimum absolute atomic E-state index is 0.136. The van der Waals surface area contributed by atoms with E-state index >= 15 is 0 Å². The summed E-state index contributed by atoms with van der Waals surface area (Å²) in [4.78, 5) is 24.3. The number of H-pyrrole nitrogens is 1. The van der Waals surface area contributed by atoms with Gasteiger partial charge in [0.05, 0.1) is 11.8 Å². The van der Waals surface area contributed by atoms with Gasteiger partial charge in [0.15, 0.2) is 12.4 Å². The van der Waals surface area contributed by atoms with E-state index in [0.717, 1.165) is 54.5 Å². The number of hydrogen-bond acceptors (Lipinski definition) is 8. The predicted molar refractivity (Wildman–Crippen MR) is 135 cm³/mol. The number of aryl methyl sites for hydroxylation is 1. The molecule has 36 heavy (non-hydrogen) atoms. The summed E-state index contributed by atoms with van der Waals surface area (Å²) in [5, 5.41) is 15.1. The second-order valence-electron chi connectivity index (χ2n) is 9.58. The number of furan rings is 1. The van der Waals surface area contributed by atoms with Crippen molar-refractivity contribution in [3.8, 4) is 0 Å². The average molecular weight is 488 g/mol. The van der Waals surface area contributed by atoms with Crippen molar-refractivity contribution in [3.05, 3.63) is 60.3 Å². The molecule has 3 atom stereocenters. The largest absolute Gasteiger partial charge is 0.466 e. The highest BCUT2D eigenvalue weighted by molar-refractivity contribution is 5.91. The van der Waals surface area contributed by atoms with Crippen molar-refractivity contribution >= 4 is 34.4 Å². The Morgan fingerprint density at radius 2 is 2.06 bits per heavy atom. The molecule has 0 spiro atoms. The van der Waals surface area contributed by atoms with Crippen LogP contribution in [-0.4, -0.2) is 49.3 Å². The van der Waals surface area contributed by atoms with Crippen LogP contribution in [0.4, 0.5) is 22.2 Å². The van der Waals surface area contributed by atoms with E-state index in [-0.39, 0.29) is 30.8 Å². The first-order valence-corrected chi connectivity index (χ1v) is 12.4. The molecule has 186 valence electrons. The third-order valence-electron chi connectivity index (χ3n) is 7.01. The summed E-state index contributed by atoms with van der Waals surface area (Å²) < 4.78 is 10.9. The highest BCUT2D eigenvalue weighted by atomic mass is 16.6. The normalized spacial score (nSPS) is 21.4. The van der Waals surface area contributed by atoms with Crippen molar-refractivity contribution in [3.63, 3.8) is 0 Å². The minimum Gasteiger partial charge on any atom is -0.466 e. The molecule has 0 aliphatic carbocycles. The maximum atomic E-state index is 13.0. The molecule has 6 rings (SSSR count). The number of aromatic amines is 1. The number of fused-ring (bicyclic) bond motifs is 3. The number of rotatable bonds is 6. The van der Waals surface area contributed by atoms with E-state index in [1.165, 1.54) is 0 Å². The van der Waals surface area contributed by atoms with E-state index in [1.807, 2.05) is 42.2 Å². The molecule has 3 N–H and O–H groups in total. The molecule has 2 aliphatic rings. The number of piperidine rings is 2. The molecule has 4 aromatic heterocycles. The lowest BCUT2D eigenvalue weighted by Crippen LogP contribution is -2.57. The van der Waals surface area contributed by atoms with Gasteiger partial charge in [-0.1, -0.05) is 0 Å². The number of hydrogen-bond donors (Lipinski definition) is 3. The number of anilines is 3. The van der Waals surface area contributed by atoms with Crippen LogP contribution in [0.3, 0.4) is 0 Å². The summed E-state index contributed by atoms with van der Waals surface area (Å²) in [6.45, 7) is 2.11.